The summed E-state index contributed by atoms with van der Waals surface area (Å²) in [7, 11) is 0. The highest BCUT2D eigenvalue weighted by molar-refractivity contribution is 5.72. The van der Waals surface area contributed by atoms with E-state index in [0.29, 0.717) is 77.0 Å². The van der Waals surface area contributed by atoms with E-state index in [4.69, 9.17) is 57.2 Å². The molecule has 7 unspecified atom stereocenters. The van der Waals surface area contributed by atoms with Crippen LogP contribution in [-0.4, -0.2) is 188 Å². The van der Waals surface area contributed by atoms with Gasteiger partial charge in [0, 0.05) is 56.8 Å². The number of carbonyl (C=O) groups excluding carboxylic acids is 1. The van der Waals surface area contributed by atoms with E-state index in [2.05, 4.69) is 59.4 Å². The number of carboxylic acid groups (broad SMARTS) is 2. The smallest absolute Gasteiger partial charge is 0.306 e. The van der Waals surface area contributed by atoms with Crippen molar-refractivity contribution in [2.75, 3.05) is 6.61 Å². The molecule has 19 heteroatoms. The third-order valence-electron chi connectivity index (χ3n) is 21.1. The first-order valence-corrected chi connectivity index (χ1v) is 31.9. The minimum atomic E-state index is -1.09. The Labute approximate surface area is 497 Å². The molecule has 0 aromatic carbocycles. The summed E-state index contributed by atoms with van der Waals surface area (Å²) in [6, 6.07) is 0. The molecule has 10 aliphatic rings. The molecule has 0 radical (unpaired) electrons. The highest BCUT2D eigenvalue weighted by atomic mass is 16.7. The van der Waals surface area contributed by atoms with E-state index in [9.17, 15) is 34.8 Å². The Morgan fingerprint density at radius 2 is 1.44 bits per heavy atom. The largest absolute Gasteiger partial charge is 0.481 e. The van der Waals surface area contributed by atoms with Crippen LogP contribution in [0.1, 0.15) is 178 Å². The van der Waals surface area contributed by atoms with E-state index in [0.717, 1.165) is 17.6 Å². The molecule has 10 rings (SSSR count). The van der Waals surface area contributed by atoms with Gasteiger partial charge in [-0.2, -0.15) is 0 Å². The second kappa shape index (κ2) is 25.5. The van der Waals surface area contributed by atoms with Gasteiger partial charge in [0.2, 0.25) is 0 Å². The Balaban J connectivity index is 0.759. The zero-order valence-electron chi connectivity index (χ0n) is 51.5. The lowest BCUT2D eigenvalue weighted by Crippen LogP contribution is -2.74. The van der Waals surface area contributed by atoms with Gasteiger partial charge in [-0.15, -0.1) is 0 Å². The summed E-state index contributed by atoms with van der Waals surface area (Å²) in [6.45, 7) is 24.8. The number of esters is 1. The molecular formula is C65H100O19. The third-order valence-corrected chi connectivity index (χ3v) is 21.1. The molecule has 0 aromatic heterocycles. The van der Waals surface area contributed by atoms with Gasteiger partial charge in [-0.1, -0.05) is 65.0 Å². The first kappa shape index (κ1) is 64.1. The second-order valence-corrected chi connectivity index (χ2v) is 28.7. The maximum absolute atomic E-state index is 12.5. The average molecular weight is 1190 g/mol. The lowest BCUT2D eigenvalue weighted by molar-refractivity contribution is -0.369. The molecule has 474 valence electrons. The number of aliphatic hydroxyl groups excluding tert-OH is 3. The van der Waals surface area contributed by atoms with Crippen LogP contribution in [0.25, 0.3) is 0 Å². The number of hydrogen-bond acceptors (Lipinski definition) is 17. The van der Waals surface area contributed by atoms with Gasteiger partial charge in [0.1, 0.15) is 17.8 Å². The Bertz CT molecular complexity index is 2420. The first-order valence-electron chi connectivity index (χ1n) is 31.9. The molecule has 0 amide bonds. The maximum Gasteiger partial charge on any atom is 0.306 e. The summed E-state index contributed by atoms with van der Waals surface area (Å²) in [5, 5.41) is 53.8. The van der Waals surface area contributed by atoms with E-state index in [1.165, 1.54) is 0 Å². The second-order valence-electron chi connectivity index (χ2n) is 28.7. The lowest BCUT2D eigenvalue weighted by atomic mass is 9.72. The van der Waals surface area contributed by atoms with Crippen molar-refractivity contribution in [2.45, 2.75) is 317 Å². The van der Waals surface area contributed by atoms with Gasteiger partial charge in [-0.3, -0.25) is 14.4 Å². The Morgan fingerprint density at radius 1 is 0.726 bits per heavy atom. The molecular weight excluding hydrogens is 1080 g/mol. The topological polar surface area (TPSA) is 254 Å². The number of fused-ring (bicyclic) bond motifs is 8. The summed E-state index contributed by atoms with van der Waals surface area (Å²) in [5.41, 5.74) is -1.26. The van der Waals surface area contributed by atoms with Gasteiger partial charge in [-0.25, -0.2) is 0 Å². The molecule has 0 saturated carbocycles. The predicted molar refractivity (Wildman–Crippen MR) is 306 cm³/mol. The molecule has 0 bridgehead atoms. The molecule has 0 spiro atoms. The molecule has 28 atom stereocenters. The molecule has 0 aliphatic carbocycles. The molecule has 9 fully saturated rings. The van der Waals surface area contributed by atoms with Gasteiger partial charge < -0.3 is 77.6 Å². The fourth-order valence-electron chi connectivity index (χ4n) is 16.7. The number of aliphatic carboxylic acids is 2. The van der Waals surface area contributed by atoms with Crippen LogP contribution in [0, 0.1) is 29.6 Å². The van der Waals surface area contributed by atoms with Crippen LogP contribution in [0.5, 0.6) is 0 Å². The first-order chi connectivity index (χ1) is 39.6. The minimum absolute atomic E-state index is 0.0345. The Kier molecular flexibility index (Phi) is 19.5. The fraction of sp³-hybridized carbons (Fsp3) is 0.862. The zero-order valence-corrected chi connectivity index (χ0v) is 51.5. The van der Waals surface area contributed by atoms with Crippen molar-refractivity contribution < 1.29 is 92.0 Å². The van der Waals surface area contributed by atoms with Crippen LogP contribution in [0.3, 0.4) is 0 Å². The van der Waals surface area contributed by atoms with Crippen molar-refractivity contribution in [3.63, 3.8) is 0 Å². The summed E-state index contributed by atoms with van der Waals surface area (Å²) in [4.78, 5) is 34.9. The third kappa shape index (κ3) is 13.8. The standard InChI is InChI=1S/C65H100O19/c1-33(19-35(3)31-74-57(72)22-34(2)21-55(68)69)20-46-37(5)24-52-62(8,83-46)30-50-60(80-52)61(73)65(11)54(78-50)29-49-59(84-65)36(4)13-12-14-44-43(76-49)17-18-51-63(9,81-44)32-64(10)53(79-51)28-48-45(82-64)16-15-42(67)47(77-48)27-40(66)26-41-23-38(6)58(75-41)39(7)25-56(70)71/h12-13,19,34-36,38-54,58-61,66-67,73H,5,14-18,20-32H2,1-4,6-11H3,(H,68,69)(H,70,71)/b13-12-,33-19+/t34?,35?,36-,38?,39?,40?,41?,42-,43-,44+,45-,46+,47-,48+,49+,50+,51+,52+,53-,54-,58?,59-,60+,61-,62-,63-,64+,65-/m0/s1. The van der Waals surface area contributed by atoms with Crippen molar-refractivity contribution in [1.82, 2.24) is 0 Å². The minimum Gasteiger partial charge on any atom is -0.481 e. The van der Waals surface area contributed by atoms with Gasteiger partial charge >= 0.3 is 17.9 Å². The van der Waals surface area contributed by atoms with Crippen LogP contribution >= 0.6 is 0 Å². The molecule has 19 nitrogen and oxygen atoms in total. The number of aliphatic hydroxyl groups is 3. The number of rotatable bonds is 16. The van der Waals surface area contributed by atoms with E-state index < -0.39 is 89.1 Å². The molecule has 9 saturated heterocycles. The van der Waals surface area contributed by atoms with Gasteiger partial charge in [-0.05, 0) is 116 Å². The highest BCUT2D eigenvalue weighted by Gasteiger charge is 2.65. The molecule has 5 N–H and O–H groups in total. The van der Waals surface area contributed by atoms with Crippen molar-refractivity contribution in [3.8, 4) is 0 Å². The van der Waals surface area contributed by atoms with Crippen molar-refractivity contribution in [2.24, 2.45) is 29.6 Å². The van der Waals surface area contributed by atoms with Crippen LogP contribution in [0.15, 0.2) is 36.0 Å². The maximum atomic E-state index is 12.5. The number of ether oxygens (including phenoxy) is 11. The number of carboxylic acids is 2. The van der Waals surface area contributed by atoms with E-state index in [-0.39, 0.29) is 129 Å². The SMILES string of the molecule is C=C1C[C@H]2O[C@@H]3[C@@H](C[C@]2(C)O[C@@H]1C/C(C)=C/C(C)COC(=O)CC(C)CC(=O)O)O[C@H]1C[C@H]2O[C@H]4CC[C@H]5O[C@H]6C[C@H]7O[C@@H](CC(O)CC8CC(C)C(C(C)CC(=O)O)O8)[C@@H](O)CC[C@@H]7O[C@]6(C)C[C@]5(C)O[C@@H]4C/C=C\[C@H](C)[C@@H]2O[C@]1(C)[C@H]3O. The summed E-state index contributed by atoms with van der Waals surface area (Å²) < 4.78 is 75.5. The molecule has 84 heavy (non-hydrogen) atoms. The zero-order chi connectivity index (χ0) is 60.4. The van der Waals surface area contributed by atoms with Crippen molar-refractivity contribution in [3.05, 3.63) is 36.0 Å². The van der Waals surface area contributed by atoms with Gasteiger partial charge in [0.25, 0.3) is 0 Å². The fourth-order valence-corrected chi connectivity index (χ4v) is 16.7. The van der Waals surface area contributed by atoms with E-state index in [1.54, 1.807) is 6.92 Å². The van der Waals surface area contributed by atoms with Crippen molar-refractivity contribution >= 4 is 17.9 Å². The van der Waals surface area contributed by atoms with Gasteiger partial charge in [0.15, 0.2) is 0 Å². The normalized spacial score (nSPS) is 47.6. The summed E-state index contributed by atoms with van der Waals surface area (Å²) >= 11 is 0. The summed E-state index contributed by atoms with van der Waals surface area (Å²) in [6.07, 6.45) is 5.79. The van der Waals surface area contributed by atoms with E-state index in [1.807, 2.05) is 27.7 Å². The highest BCUT2D eigenvalue weighted by Crippen LogP contribution is 2.54. The molecule has 10 aliphatic heterocycles. The molecule has 10 heterocycles. The van der Waals surface area contributed by atoms with E-state index >= 15 is 0 Å². The number of carbonyl (C=O) groups is 3. The Morgan fingerprint density at radius 3 is 2.19 bits per heavy atom. The average Bonchev–Trinajstić information content (AvgIpc) is 0.867. The van der Waals surface area contributed by atoms with Crippen molar-refractivity contribution in [1.29, 1.82) is 0 Å². The van der Waals surface area contributed by atoms with Crippen LogP contribution in [0.2, 0.25) is 0 Å². The quantitative estimate of drug-likeness (QED) is 0.0727. The van der Waals surface area contributed by atoms with Crippen LogP contribution < -0.4 is 0 Å². The lowest BCUT2D eigenvalue weighted by Gasteiger charge is -2.61. The monoisotopic (exact) mass is 1180 g/mol. The molecule has 0 aromatic rings. The van der Waals surface area contributed by atoms with Gasteiger partial charge in [0.05, 0.1) is 134 Å². The summed E-state index contributed by atoms with van der Waals surface area (Å²) in [5.74, 6) is -2.58. The number of hydrogen-bond donors (Lipinski definition) is 5. The van der Waals surface area contributed by atoms with Crippen LogP contribution in [0.4, 0.5) is 0 Å². The Hall–Kier alpha value is -2.89. The predicted octanol–water partition coefficient (Wildman–Crippen LogP) is 7.89. The van der Waals surface area contributed by atoms with Crippen LogP contribution in [-0.2, 0) is 66.5 Å².